The zero-order chi connectivity index (χ0) is 18.2. The van der Waals surface area contributed by atoms with Crippen LogP contribution in [0.15, 0.2) is 48.5 Å². The van der Waals surface area contributed by atoms with Crippen molar-refractivity contribution < 1.29 is 9.84 Å². The van der Waals surface area contributed by atoms with E-state index < -0.39 is 6.10 Å². The third kappa shape index (κ3) is 6.18. The van der Waals surface area contributed by atoms with Crippen LogP contribution in [0.1, 0.15) is 37.0 Å². The lowest BCUT2D eigenvalue weighted by Crippen LogP contribution is -2.40. The zero-order valence-corrected chi connectivity index (χ0v) is 15.9. The minimum Gasteiger partial charge on any atom is -0.491 e. The van der Waals surface area contributed by atoms with E-state index in [1.54, 1.807) is 0 Å². The standard InChI is InChI=1S/C22H31NO2/c1-5-19(4)23(14-20-13-17(2)11-12-18(20)3)15-21(24)16-25-22-9-7-6-8-10-22/h6-13,19,21,24H,5,14-16H2,1-4H3. The molecule has 2 aromatic carbocycles. The molecule has 0 bridgehead atoms. The van der Waals surface area contributed by atoms with Gasteiger partial charge >= 0.3 is 0 Å². The smallest absolute Gasteiger partial charge is 0.119 e. The fraction of sp³-hybridized carbons (Fsp3) is 0.455. The summed E-state index contributed by atoms with van der Waals surface area (Å²) in [5.74, 6) is 0.797. The van der Waals surface area contributed by atoms with Crippen molar-refractivity contribution in [3.8, 4) is 5.75 Å². The molecule has 0 aliphatic rings. The number of rotatable bonds is 9. The fourth-order valence-corrected chi connectivity index (χ4v) is 2.88. The predicted molar refractivity (Wildman–Crippen MR) is 104 cm³/mol. The van der Waals surface area contributed by atoms with Crippen LogP contribution >= 0.6 is 0 Å². The molecule has 2 unspecified atom stereocenters. The Kier molecular flexibility index (Phi) is 7.48. The van der Waals surface area contributed by atoms with E-state index >= 15 is 0 Å². The summed E-state index contributed by atoms with van der Waals surface area (Å²) in [6.07, 6.45) is 0.538. The molecule has 0 aliphatic heterocycles. The first-order valence-electron chi connectivity index (χ1n) is 9.15. The molecule has 2 rings (SSSR count). The third-order valence-electron chi connectivity index (χ3n) is 4.72. The van der Waals surface area contributed by atoms with Gasteiger partial charge in [-0.3, -0.25) is 4.90 Å². The summed E-state index contributed by atoms with van der Waals surface area (Å²) >= 11 is 0. The van der Waals surface area contributed by atoms with Crippen molar-refractivity contribution in [2.24, 2.45) is 0 Å². The topological polar surface area (TPSA) is 32.7 Å². The van der Waals surface area contributed by atoms with Gasteiger partial charge in [0.15, 0.2) is 0 Å². The lowest BCUT2D eigenvalue weighted by molar-refractivity contribution is 0.0505. The van der Waals surface area contributed by atoms with E-state index in [1.165, 1.54) is 16.7 Å². The minimum atomic E-state index is -0.515. The lowest BCUT2D eigenvalue weighted by atomic mass is 10.0. The molecule has 136 valence electrons. The van der Waals surface area contributed by atoms with Gasteiger partial charge in [0.05, 0.1) is 0 Å². The fourth-order valence-electron chi connectivity index (χ4n) is 2.88. The highest BCUT2D eigenvalue weighted by Crippen LogP contribution is 2.17. The first-order chi connectivity index (χ1) is 12.0. The molecule has 3 nitrogen and oxygen atoms in total. The van der Waals surface area contributed by atoms with Crippen molar-refractivity contribution in [2.45, 2.75) is 52.8 Å². The highest BCUT2D eigenvalue weighted by Gasteiger charge is 2.18. The van der Waals surface area contributed by atoms with Gasteiger partial charge in [0, 0.05) is 19.1 Å². The lowest BCUT2D eigenvalue weighted by Gasteiger charge is -2.31. The van der Waals surface area contributed by atoms with Gasteiger partial charge in [-0.25, -0.2) is 0 Å². The second-order valence-electron chi connectivity index (χ2n) is 6.89. The SMILES string of the molecule is CCC(C)N(Cc1cc(C)ccc1C)CC(O)COc1ccccc1. The van der Waals surface area contributed by atoms with Gasteiger partial charge < -0.3 is 9.84 Å². The average molecular weight is 341 g/mol. The summed E-state index contributed by atoms with van der Waals surface area (Å²) in [5.41, 5.74) is 3.91. The average Bonchev–Trinajstić information content (AvgIpc) is 2.62. The molecular formula is C22H31NO2. The first kappa shape index (κ1) is 19.5. The molecular weight excluding hydrogens is 310 g/mol. The van der Waals surface area contributed by atoms with E-state index in [4.69, 9.17) is 4.74 Å². The molecule has 0 saturated heterocycles. The Hall–Kier alpha value is -1.84. The highest BCUT2D eigenvalue weighted by molar-refractivity contribution is 5.30. The first-order valence-corrected chi connectivity index (χ1v) is 9.15. The van der Waals surface area contributed by atoms with E-state index in [1.807, 2.05) is 30.3 Å². The number of aliphatic hydroxyl groups is 1. The maximum Gasteiger partial charge on any atom is 0.119 e. The number of hydrogen-bond donors (Lipinski definition) is 1. The molecule has 0 saturated carbocycles. The Labute approximate surface area is 152 Å². The van der Waals surface area contributed by atoms with Crippen LogP contribution < -0.4 is 4.74 Å². The Morgan fingerprint density at radius 3 is 2.48 bits per heavy atom. The van der Waals surface area contributed by atoms with Crippen molar-refractivity contribution in [1.29, 1.82) is 0 Å². The summed E-state index contributed by atoms with van der Waals surface area (Å²) in [7, 11) is 0. The molecule has 0 aliphatic carbocycles. The molecule has 3 heteroatoms. The van der Waals surface area contributed by atoms with E-state index in [0.29, 0.717) is 19.2 Å². The highest BCUT2D eigenvalue weighted by atomic mass is 16.5. The van der Waals surface area contributed by atoms with Crippen molar-refractivity contribution in [3.63, 3.8) is 0 Å². The Morgan fingerprint density at radius 2 is 1.80 bits per heavy atom. The Morgan fingerprint density at radius 1 is 1.08 bits per heavy atom. The number of ether oxygens (including phenoxy) is 1. The van der Waals surface area contributed by atoms with Crippen LogP contribution in [-0.2, 0) is 6.54 Å². The predicted octanol–water partition coefficient (Wildman–Crippen LogP) is 4.34. The van der Waals surface area contributed by atoms with Gasteiger partial charge in [-0.05, 0) is 50.5 Å². The Balaban J connectivity index is 1.98. The largest absolute Gasteiger partial charge is 0.491 e. The molecule has 0 heterocycles. The summed E-state index contributed by atoms with van der Waals surface area (Å²) < 4.78 is 5.70. The van der Waals surface area contributed by atoms with Gasteiger partial charge in [-0.1, -0.05) is 48.9 Å². The van der Waals surface area contributed by atoms with Gasteiger partial charge in [0.25, 0.3) is 0 Å². The quantitative estimate of drug-likeness (QED) is 0.736. The molecule has 0 fully saturated rings. The van der Waals surface area contributed by atoms with Gasteiger partial charge in [-0.15, -0.1) is 0 Å². The zero-order valence-electron chi connectivity index (χ0n) is 15.9. The second kappa shape index (κ2) is 9.59. The molecule has 0 radical (unpaired) electrons. The summed E-state index contributed by atoms with van der Waals surface area (Å²) in [5, 5.41) is 10.5. The van der Waals surface area contributed by atoms with Crippen molar-refractivity contribution in [1.82, 2.24) is 4.90 Å². The van der Waals surface area contributed by atoms with E-state index in [9.17, 15) is 5.11 Å². The van der Waals surface area contributed by atoms with Crippen LogP contribution in [0.5, 0.6) is 5.75 Å². The number of para-hydroxylation sites is 1. The van der Waals surface area contributed by atoms with Gasteiger partial charge in [0.2, 0.25) is 0 Å². The van der Waals surface area contributed by atoms with Crippen LogP contribution in [0, 0.1) is 13.8 Å². The number of nitrogens with zero attached hydrogens (tertiary/aromatic N) is 1. The molecule has 2 aromatic rings. The molecule has 0 spiro atoms. The molecule has 0 amide bonds. The van der Waals surface area contributed by atoms with Crippen LogP contribution in [0.2, 0.25) is 0 Å². The molecule has 1 N–H and O–H groups in total. The number of aliphatic hydroxyl groups excluding tert-OH is 1. The molecule has 25 heavy (non-hydrogen) atoms. The van der Waals surface area contributed by atoms with Crippen LogP contribution in [0.3, 0.4) is 0 Å². The molecule has 2 atom stereocenters. The van der Waals surface area contributed by atoms with Gasteiger partial charge in [0.1, 0.15) is 18.5 Å². The van der Waals surface area contributed by atoms with E-state index in [2.05, 4.69) is 50.8 Å². The van der Waals surface area contributed by atoms with Crippen LogP contribution in [-0.4, -0.2) is 35.3 Å². The van der Waals surface area contributed by atoms with E-state index in [0.717, 1.165) is 18.7 Å². The van der Waals surface area contributed by atoms with Crippen molar-refractivity contribution in [3.05, 3.63) is 65.2 Å². The third-order valence-corrected chi connectivity index (χ3v) is 4.72. The number of aryl methyl sites for hydroxylation is 2. The normalized spacial score (nSPS) is 13.7. The molecule has 0 aromatic heterocycles. The monoisotopic (exact) mass is 341 g/mol. The maximum absolute atomic E-state index is 10.5. The summed E-state index contributed by atoms with van der Waals surface area (Å²) in [4.78, 5) is 2.35. The van der Waals surface area contributed by atoms with Crippen LogP contribution in [0.4, 0.5) is 0 Å². The van der Waals surface area contributed by atoms with Crippen molar-refractivity contribution >= 4 is 0 Å². The summed E-state index contributed by atoms with van der Waals surface area (Å²) in [6.45, 7) is 10.4. The van der Waals surface area contributed by atoms with Crippen molar-refractivity contribution in [2.75, 3.05) is 13.2 Å². The Bertz CT molecular complexity index is 642. The van der Waals surface area contributed by atoms with E-state index in [-0.39, 0.29) is 0 Å². The summed E-state index contributed by atoms with van der Waals surface area (Å²) in [6, 6.07) is 16.6. The minimum absolute atomic E-state index is 0.309. The number of benzene rings is 2. The maximum atomic E-state index is 10.5. The van der Waals surface area contributed by atoms with Crippen LogP contribution in [0.25, 0.3) is 0 Å². The number of hydrogen-bond acceptors (Lipinski definition) is 3. The van der Waals surface area contributed by atoms with Gasteiger partial charge in [-0.2, -0.15) is 0 Å². The second-order valence-corrected chi connectivity index (χ2v) is 6.89.